The predicted molar refractivity (Wildman–Crippen MR) is 68.8 cm³/mol. The van der Waals surface area contributed by atoms with Gasteiger partial charge in [0, 0.05) is 19.3 Å². The van der Waals surface area contributed by atoms with E-state index in [0.717, 1.165) is 25.0 Å². The molecule has 0 aromatic heterocycles. The van der Waals surface area contributed by atoms with Gasteiger partial charge in [0.25, 0.3) is 0 Å². The van der Waals surface area contributed by atoms with Gasteiger partial charge >= 0.3 is 5.97 Å². The second-order valence-electron chi connectivity index (χ2n) is 4.27. The van der Waals surface area contributed by atoms with E-state index in [9.17, 15) is 9.59 Å². The van der Waals surface area contributed by atoms with Crippen LogP contribution >= 0.6 is 0 Å². The third kappa shape index (κ3) is 4.87. The van der Waals surface area contributed by atoms with Crippen molar-refractivity contribution >= 4 is 11.9 Å². The fraction of sp³-hybridized carbons (Fsp3) is 0.692. The summed E-state index contributed by atoms with van der Waals surface area (Å²) in [6.07, 6.45) is 5.57. The summed E-state index contributed by atoms with van der Waals surface area (Å²) in [5, 5.41) is 2.96. The molecular formula is C13H22N2O3. The molecule has 0 aromatic carbocycles. The van der Waals surface area contributed by atoms with Crippen LogP contribution < -0.4 is 5.32 Å². The molecule has 0 fully saturated rings. The normalized spacial score (nSPS) is 14.2. The Kier molecular flexibility index (Phi) is 6.43. The Bertz CT molecular complexity index is 326. The second-order valence-corrected chi connectivity index (χ2v) is 4.27. The Balaban J connectivity index is 2.15. The van der Waals surface area contributed by atoms with Crippen LogP contribution in [0.1, 0.15) is 32.6 Å². The number of allylic oxidation sites excluding steroid dienone is 2. The van der Waals surface area contributed by atoms with Crippen LogP contribution in [0.15, 0.2) is 11.8 Å². The van der Waals surface area contributed by atoms with Gasteiger partial charge in [0.15, 0.2) is 0 Å². The molecule has 5 heteroatoms. The van der Waals surface area contributed by atoms with Crippen LogP contribution in [-0.2, 0) is 14.3 Å². The molecule has 1 aliphatic carbocycles. The molecule has 1 rings (SSSR count). The van der Waals surface area contributed by atoms with E-state index in [2.05, 4.69) is 11.4 Å². The number of esters is 1. The molecule has 5 nitrogen and oxygen atoms in total. The first-order valence-electron chi connectivity index (χ1n) is 6.47. The number of ether oxygens (including phenoxy) is 1. The smallest absolute Gasteiger partial charge is 0.307 e. The molecular weight excluding hydrogens is 232 g/mol. The Labute approximate surface area is 108 Å². The number of carbonyl (C=O) groups excluding carboxylic acids is 2. The number of rotatable bonds is 7. The van der Waals surface area contributed by atoms with Crippen LogP contribution in [0, 0.1) is 0 Å². The van der Waals surface area contributed by atoms with Crippen molar-refractivity contribution in [2.24, 2.45) is 0 Å². The molecule has 0 aliphatic heterocycles. The number of likely N-dealkylation sites (N-methyl/N-ethyl adjacent to an activating group) is 1. The summed E-state index contributed by atoms with van der Waals surface area (Å²) < 4.78 is 4.79. The number of carbonyl (C=O) groups is 2. The molecule has 0 saturated carbocycles. The first kappa shape index (κ1) is 14.7. The third-order valence-electron chi connectivity index (χ3n) is 2.91. The first-order valence-corrected chi connectivity index (χ1v) is 6.47. The quantitative estimate of drug-likeness (QED) is 0.545. The molecule has 18 heavy (non-hydrogen) atoms. The number of nitrogens with one attached hydrogen (secondary N) is 1. The topological polar surface area (TPSA) is 58.6 Å². The number of amides is 1. The van der Waals surface area contributed by atoms with E-state index in [1.54, 1.807) is 18.9 Å². The molecule has 1 amide bonds. The number of nitrogens with zero attached hydrogens (tertiary/aromatic N) is 1. The third-order valence-corrected chi connectivity index (χ3v) is 2.91. The van der Waals surface area contributed by atoms with E-state index in [0.29, 0.717) is 19.6 Å². The molecule has 0 aromatic rings. The van der Waals surface area contributed by atoms with Crippen molar-refractivity contribution in [3.05, 3.63) is 11.8 Å². The molecule has 0 spiro atoms. The highest BCUT2D eigenvalue weighted by Gasteiger charge is 2.15. The summed E-state index contributed by atoms with van der Waals surface area (Å²) in [5.41, 5.74) is 1.10. The van der Waals surface area contributed by atoms with Crippen molar-refractivity contribution in [2.75, 3.05) is 26.7 Å². The number of hydrogen-bond donors (Lipinski definition) is 1. The Morgan fingerprint density at radius 2 is 2.28 bits per heavy atom. The summed E-state index contributed by atoms with van der Waals surface area (Å²) in [4.78, 5) is 24.6. The molecule has 1 N–H and O–H groups in total. The Morgan fingerprint density at radius 1 is 1.50 bits per heavy atom. The van der Waals surface area contributed by atoms with E-state index >= 15 is 0 Å². The standard InChI is InChI=1S/C13H22N2O3/c1-3-18-13(17)8-9-14-10-12(16)15(2)11-6-4-5-7-11/h6,14H,3-5,7-10H2,1-2H3. The molecule has 102 valence electrons. The molecule has 0 unspecified atom stereocenters. The minimum Gasteiger partial charge on any atom is -0.466 e. The van der Waals surface area contributed by atoms with Crippen LogP contribution in [0.4, 0.5) is 0 Å². The van der Waals surface area contributed by atoms with Crippen molar-refractivity contribution in [1.82, 2.24) is 10.2 Å². The summed E-state index contributed by atoms with van der Waals surface area (Å²) >= 11 is 0. The maximum absolute atomic E-state index is 11.8. The average Bonchev–Trinajstić information content (AvgIpc) is 2.87. The van der Waals surface area contributed by atoms with Crippen LogP contribution in [-0.4, -0.2) is 43.5 Å². The molecule has 0 heterocycles. The van der Waals surface area contributed by atoms with Gasteiger partial charge in [-0.25, -0.2) is 0 Å². The lowest BCUT2D eigenvalue weighted by Crippen LogP contribution is -2.35. The maximum atomic E-state index is 11.8. The monoisotopic (exact) mass is 254 g/mol. The number of hydrogen-bond acceptors (Lipinski definition) is 4. The summed E-state index contributed by atoms with van der Waals surface area (Å²) in [5.74, 6) is -0.198. The SMILES string of the molecule is CCOC(=O)CCNCC(=O)N(C)C1=CCCC1. The van der Waals surface area contributed by atoms with Crippen molar-refractivity contribution in [2.45, 2.75) is 32.6 Å². The van der Waals surface area contributed by atoms with E-state index < -0.39 is 0 Å². The lowest BCUT2D eigenvalue weighted by Gasteiger charge is -2.18. The molecule has 0 saturated heterocycles. The van der Waals surface area contributed by atoms with Crippen LogP contribution in [0.5, 0.6) is 0 Å². The van der Waals surface area contributed by atoms with Gasteiger partial charge in [0.2, 0.25) is 5.91 Å². The summed E-state index contributed by atoms with van der Waals surface area (Å²) in [7, 11) is 1.80. The van der Waals surface area contributed by atoms with Gasteiger partial charge in [-0.2, -0.15) is 0 Å². The largest absolute Gasteiger partial charge is 0.466 e. The van der Waals surface area contributed by atoms with Gasteiger partial charge in [-0.3, -0.25) is 9.59 Å². The molecule has 0 atom stereocenters. The van der Waals surface area contributed by atoms with Crippen molar-refractivity contribution < 1.29 is 14.3 Å². The van der Waals surface area contributed by atoms with Crippen molar-refractivity contribution in [1.29, 1.82) is 0 Å². The van der Waals surface area contributed by atoms with E-state index in [1.807, 2.05) is 0 Å². The minimum absolute atomic E-state index is 0.0343. The Hall–Kier alpha value is -1.36. The van der Waals surface area contributed by atoms with Gasteiger partial charge in [0.05, 0.1) is 19.6 Å². The van der Waals surface area contributed by atoms with Gasteiger partial charge < -0.3 is 15.0 Å². The highest BCUT2D eigenvalue weighted by atomic mass is 16.5. The zero-order valence-corrected chi connectivity index (χ0v) is 11.2. The first-order chi connectivity index (χ1) is 8.65. The fourth-order valence-electron chi connectivity index (χ4n) is 1.86. The van der Waals surface area contributed by atoms with E-state index in [4.69, 9.17) is 4.74 Å². The lowest BCUT2D eigenvalue weighted by molar-refractivity contribution is -0.143. The zero-order chi connectivity index (χ0) is 13.4. The van der Waals surface area contributed by atoms with E-state index in [-0.39, 0.29) is 18.4 Å². The highest BCUT2D eigenvalue weighted by molar-refractivity contribution is 5.79. The summed E-state index contributed by atoms with van der Waals surface area (Å²) in [6.45, 7) is 2.90. The van der Waals surface area contributed by atoms with Crippen LogP contribution in [0.25, 0.3) is 0 Å². The van der Waals surface area contributed by atoms with E-state index in [1.165, 1.54) is 0 Å². The van der Waals surface area contributed by atoms with Gasteiger partial charge in [-0.05, 0) is 26.2 Å². The second kappa shape index (κ2) is 7.87. The molecule has 0 radical (unpaired) electrons. The Morgan fingerprint density at radius 3 is 2.89 bits per heavy atom. The average molecular weight is 254 g/mol. The van der Waals surface area contributed by atoms with Crippen LogP contribution in [0.2, 0.25) is 0 Å². The van der Waals surface area contributed by atoms with Crippen molar-refractivity contribution in [3.8, 4) is 0 Å². The predicted octanol–water partition coefficient (Wildman–Crippen LogP) is 1.06. The highest BCUT2D eigenvalue weighted by Crippen LogP contribution is 2.19. The zero-order valence-electron chi connectivity index (χ0n) is 11.2. The fourth-order valence-corrected chi connectivity index (χ4v) is 1.86. The molecule has 1 aliphatic rings. The lowest BCUT2D eigenvalue weighted by atomic mass is 10.3. The summed E-state index contributed by atoms with van der Waals surface area (Å²) in [6, 6.07) is 0. The maximum Gasteiger partial charge on any atom is 0.307 e. The van der Waals surface area contributed by atoms with Crippen LogP contribution in [0.3, 0.4) is 0 Å². The van der Waals surface area contributed by atoms with Gasteiger partial charge in [-0.1, -0.05) is 6.08 Å². The minimum atomic E-state index is -0.232. The molecule has 0 bridgehead atoms. The van der Waals surface area contributed by atoms with Gasteiger partial charge in [0.1, 0.15) is 0 Å². The van der Waals surface area contributed by atoms with Crippen molar-refractivity contribution in [3.63, 3.8) is 0 Å². The van der Waals surface area contributed by atoms with Gasteiger partial charge in [-0.15, -0.1) is 0 Å².